The average molecular weight is 1090 g/mol. The third kappa shape index (κ3) is 33.7. The van der Waals surface area contributed by atoms with Crippen molar-refractivity contribution in [1.82, 2.24) is 5.32 Å². The van der Waals surface area contributed by atoms with Gasteiger partial charge in [0.15, 0.2) is 12.6 Å². The third-order valence-corrected chi connectivity index (χ3v) is 16.3. The lowest BCUT2D eigenvalue weighted by molar-refractivity contribution is -0.359. The first-order valence-corrected chi connectivity index (χ1v) is 32.3. The van der Waals surface area contributed by atoms with Crippen LogP contribution in [0.4, 0.5) is 0 Å². The van der Waals surface area contributed by atoms with E-state index in [-0.39, 0.29) is 12.5 Å². The first-order chi connectivity index (χ1) is 37.1. The zero-order valence-corrected chi connectivity index (χ0v) is 48.8. The van der Waals surface area contributed by atoms with Crippen LogP contribution < -0.4 is 5.32 Å². The number of carbonyl (C=O) groups excluding carboxylic acids is 1. The van der Waals surface area contributed by atoms with Gasteiger partial charge in [-0.1, -0.05) is 277 Å². The highest BCUT2D eigenvalue weighted by molar-refractivity contribution is 5.76. The molecular formula is C62H121NO13. The Hall–Kier alpha value is -1.01. The van der Waals surface area contributed by atoms with E-state index >= 15 is 0 Å². The number of ether oxygens (including phenoxy) is 4. The summed E-state index contributed by atoms with van der Waals surface area (Å²) in [5, 5.41) is 86.4. The number of unbranched alkanes of at least 4 members (excludes halogenated alkanes) is 40. The van der Waals surface area contributed by atoms with Crippen LogP contribution in [-0.2, 0) is 23.7 Å². The van der Waals surface area contributed by atoms with E-state index < -0.39 is 86.8 Å². The van der Waals surface area contributed by atoms with Crippen molar-refractivity contribution in [2.24, 2.45) is 0 Å². The fourth-order valence-electron chi connectivity index (χ4n) is 11.1. The largest absolute Gasteiger partial charge is 0.394 e. The van der Waals surface area contributed by atoms with Crippen LogP contribution in [0.5, 0.6) is 0 Å². The van der Waals surface area contributed by atoms with Crippen LogP contribution in [0.25, 0.3) is 0 Å². The smallest absolute Gasteiger partial charge is 0.220 e. The van der Waals surface area contributed by atoms with Gasteiger partial charge in [0.25, 0.3) is 0 Å². The number of nitrogens with one attached hydrogen (secondary N) is 1. The molecule has 2 rings (SSSR count). The Bertz CT molecular complexity index is 1280. The summed E-state index contributed by atoms with van der Waals surface area (Å²) in [6.07, 6.45) is 39.8. The Balaban J connectivity index is 1.43. The Labute approximate surface area is 464 Å². The quantitative estimate of drug-likeness (QED) is 0.0259. The van der Waals surface area contributed by atoms with Crippen molar-refractivity contribution in [3.8, 4) is 0 Å². The SMILES string of the molecule is CCCCCCCCCCCCCCCCCCCCCCCCCCCCCCCCCCCCCCCCC(=O)NC(COC1OC(CO)C(OC2OC(CO)C(O)C(O)C2O)C(O)C1O)C(O)CCCCCC. The van der Waals surface area contributed by atoms with Crippen molar-refractivity contribution in [3.63, 3.8) is 0 Å². The van der Waals surface area contributed by atoms with Crippen molar-refractivity contribution in [3.05, 3.63) is 0 Å². The van der Waals surface area contributed by atoms with Crippen molar-refractivity contribution in [2.75, 3.05) is 19.8 Å². The molecule has 0 aromatic rings. The van der Waals surface area contributed by atoms with Gasteiger partial charge in [-0.15, -0.1) is 0 Å². The van der Waals surface area contributed by atoms with Crippen LogP contribution in [-0.4, -0.2) is 140 Å². The highest BCUT2D eigenvalue weighted by atomic mass is 16.7. The second-order valence-corrected chi connectivity index (χ2v) is 23.3. The van der Waals surface area contributed by atoms with E-state index in [0.717, 1.165) is 51.4 Å². The van der Waals surface area contributed by atoms with Gasteiger partial charge >= 0.3 is 0 Å². The van der Waals surface area contributed by atoms with Gasteiger partial charge in [-0.2, -0.15) is 0 Å². The number of hydrogen-bond donors (Lipinski definition) is 9. The Morgan fingerprint density at radius 1 is 0.421 bits per heavy atom. The van der Waals surface area contributed by atoms with E-state index in [0.29, 0.717) is 12.8 Å². The topological polar surface area (TPSA) is 228 Å². The van der Waals surface area contributed by atoms with E-state index in [4.69, 9.17) is 18.9 Å². The molecule has 1 amide bonds. The fourth-order valence-corrected chi connectivity index (χ4v) is 11.1. The lowest BCUT2D eigenvalue weighted by atomic mass is 9.97. The van der Waals surface area contributed by atoms with Gasteiger partial charge in [0.05, 0.1) is 32.0 Å². The van der Waals surface area contributed by atoms with E-state index in [2.05, 4.69) is 19.2 Å². The summed E-state index contributed by atoms with van der Waals surface area (Å²) in [6.45, 7) is 2.75. The summed E-state index contributed by atoms with van der Waals surface area (Å²) in [6, 6.07) is -0.819. The number of rotatable bonds is 53. The maximum atomic E-state index is 13.1. The van der Waals surface area contributed by atoms with E-state index in [1.54, 1.807) is 0 Å². The molecule has 0 radical (unpaired) electrons. The molecule has 12 atom stereocenters. The molecule has 9 N–H and O–H groups in total. The lowest BCUT2D eigenvalue weighted by Gasteiger charge is -2.46. The van der Waals surface area contributed by atoms with Crippen molar-refractivity contribution in [2.45, 2.75) is 370 Å². The number of amides is 1. The minimum Gasteiger partial charge on any atom is -0.394 e. The Morgan fingerprint density at radius 3 is 1.12 bits per heavy atom. The molecule has 0 spiro atoms. The van der Waals surface area contributed by atoms with Crippen molar-refractivity contribution >= 4 is 5.91 Å². The molecule has 2 heterocycles. The fraction of sp³-hybridized carbons (Fsp3) is 0.984. The van der Waals surface area contributed by atoms with Crippen LogP contribution in [0.2, 0.25) is 0 Å². The molecule has 2 fully saturated rings. The minimum atomic E-state index is -1.78. The molecule has 12 unspecified atom stereocenters. The van der Waals surface area contributed by atoms with E-state index in [1.807, 2.05) is 0 Å². The molecular weight excluding hydrogens is 967 g/mol. The van der Waals surface area contributed by atoms with Crippen LogP contribution in [0.15, 0.2) is 0 Å². The Kier molecular flexibility index (Phi) is 45.5. The summed E-state index contributed by atoms with van der Waals surface area (Å²) < 4.78 is 22.6. The zero-order chi connectivity index (χ0) is 55.3. The molecule has 2 aliphatic rings. The molecule has 2 saturated heterocycles. The normalized spacial score (nSPS) is 24.8. The molecule has 14 nitrogen and oxygen atoms in total. The highest BCUT2D eigenvalue weighted by Gasteiger charge is 2.51. The predicted molar refractivity (Wildman–Crippen MR) is 305 cm³/mol. The minimum absolute atomic E-state index is 0.209. The van der Waals surface area contributed by atoms with E-state index in [9.17, 15) is 45.6 Å². The highest BCUT2D eigenvalue weighted by Crippen LogP contribution is 2.30. The summed E-state index contributed by atoms with van der Waals surface area (Å²) >= 11 is 0. The van der Waals surface area contributed by atoms with Crippen LogP contribution in [0.1, 0.15) is 296 Å². The second kappa shape index (κ2) is 48.7. The maximum absolute atomic E-state index is 13.1. The molecule has 0 aromatic heterocycles. The molecule has 76 heavy (non-hydrogen) atoms. The Morgan fingerprint density at radius 2 is 0.750 bits per heavy atom. The van der Waals surface area contributed by atoms with Crippen molar-refractivity contribution < 1.29 is 64.6 Å². The van der Waals surface area contributed by atoms with Gasteiger partial charge in [-0.05, 0) is 12.8 Å². The monoisotopic (exact) mass is 1090 g/mol. The lowest BCUT2D eigenvalue weighted by Crippen LogP contribution is -2.65. The first kappa shape index (κ1) is 71.1. The molecule has 0 aliphatic carbocycles. The summed E-state index contributed by atoms with van der Waals surface area (Å²) in [5.41, 5.74) is 0. The van der Waals surface area contributed by atoms with Gasteiger partial charge in [-0.3, -0.25) is 4.79 Å². The maximum Gasteiger partial charge on any atom is 0.220 e. The molecule has 14 heteroatoms. The standard InChI is InChI=1S/C62H121NO13/c1-3-5-7-9-10-11-12-13-14-15-16-17-18-19-20-21-22-23-24-25-26-27-28-29-30-31-32-33-34-35-36-37-38-39-40-41-42-44-46-54(67)63-50(51(66)45-43-8-6-4-2)49-73-61-59(72)57(70)60(53(48-65)75-61)76-62-58(71)56(69)55(68)52(47-64)74-62/h50-53,55-62,64-66,68-72H,3-49H2,1-2H3,(H,63,67). The van der Waals surface area contributed by atoms with Gasteiger partial charge in [0, 0.05) is 6.42 Å². The predicted octanol–water partition coefficient (Wildman–Crippen LogP) is 11.7. The first-order valence-electron chi connectivity index (χ1n) is 32.3. The van der Waals surface area contributed by atoms with Gasteiger partial charge < -0.3 is 65.1 Å². The van der Waals surface area contributed by atoms with Crippen LogP contribution in [0, 0.1) is 0 Å². The molecule has 0 aromatic carbocycles. The summed E-state index contributed by atoms with van der Waals surface area (Å²) in [7, 11) is 0. The van der Waals surface area contributed by atoms with E-state index in [1.165, 1.54) is 218 Å². The van der Waals surface area contributed by atoms with Crippen LogP contribution in [0.3, 0.4) is 0 Å². The summed E-state index contributed by atoms with van der Waals surface area (Å²) in [4.78, 5) is 13.1. The number of carbonyl (C=O) groups is 1. The van der Waals surface area contributed by atoms with Gasteiger partial charge in [0.1, 0.15) is 48.8 Å². The molecule has 0 bridgehead atoms. The molecule has 452 valence electrons. The second-order valence-electron chi connectivity index (χ2n) is 23.3. The number of hydrogen-bond acceptors (Lipinski definition) is 13. The third-order valence-electron chi connectivity index (χ3n) is 16.3. The molecule has 2 aliphatic heterocycles. The summed E-state index contributed by atoms with van der Waals surface area (Å²) in [5.74, 6) is -0.209. The van der Waals surface area contributed by atoms with Crippen molar-refractivity contribution in [1.29, 1.82) is 0 Å². The zero-order valence-electron chi connectivity index (χ0n) is 48.8. The van der Waals surface area contributed by atoms with Gasteiger partial charge in [-0.25, -0.2) is 0 Å². The number of aliphatic hydroxyl groups is 8. The average Bonchev–Trinajstić information content (AvgIpc) is 3.42. The molecule has 0 saturated carbocycles. The number of aliphatic hydroxyl groups excluding tert-OH is 8. The van der Waals surface area contributed by atoms with Gasteiger partial charge in [0.2, 0.25) is 5.91 Å². The van der Waals surface area contributed by atoms with Crippen LogP contribution >= 0.6 is 0 Å².